The Morgan fingerprint density at radius 1 is 1.38 bits per heavy atom. The first-order valence-electron chi connectivity index (χ1n) is 4.67. The molecule has 1 saturated heterocycles. The van der Waals surface area contributed by atoms with Crippen LogP contribution < -0.4 is 5.48 Å². The smallest absolute Gasteiger partial charge is 0.258 e. The molecule has 0 unspecified atom stereocenters. The normalized spacial score (nSPS) is 39.4. The maximum Gasteiger partial charge on any atom is 0.258 e. The number of amides is 1. The van der Waals surface area contributed by atoms with Crippen LogP contribution >= 0.6 is 11.6 Å². The van der Waals surface area contributed by atoms with Gasteiger partial charge in [-0.05, 0) is 6.92 Å². The first-order valence-corrected chi connectivity index (χ1v) is 5.21. The minimum atomic E-state index is -1.46. The zero-order valence-corrected chi connectivity index (χ0v) is 9.29. The van der Waals surface area contributed by atoms with Crippen LogP contribution in [0.5, 0.6) is 0 Å². The van der Waals surface area contributed by atoms with Crippen molar-refractivity contribution in [3.05, 3.63) is 0 Å². The molecule has 5 atom stereocenters. The van der Waals surface area contributed by atoms with E-state index in [0.29, 0.717) is 0 Å². The molecular weight excluding hydrogens is 242 g/mol. The standard InChI is InChI=1S/C8H14ClNO6/c1-3-5(12)6(13)7(14)8(15-3)16-10-4(11)2-9/h3,5-8,12-14H,2H2,1H3,(H,10,11)/t3-,5-,6+,7+,8-/m1/s1. The van der Waals surface area contributed by atoms with Crippen LogP contribution in [0.3, 0.4) is 0 Å². The van der Waals surface area contributed by atoms with Gasteiger partial charge < -0.3 is 20.1 Å². The molecule has 8 heteroatoms. The monoisotopic (exact) mass is 255 g/mol. The summed E-state index contributed by atoms with van der Waals surface area (Å²) in [6.45, 7) is 1.50. The van der Waals surface area contributed by atoms with E-state index in [4.69, 9.17) is 21.2 Å². The van der Waals surface area contributed by atoms with Crippen LogP contribution in [-0.2, 0) is 14.4 Å². The minimum absolute atomic E-state index is 0.302. The summed E-state index contributed by atoms with van der Waals surface area (Å²) in [5, 5.41) is 28.2. The third kappa shape index (κ3) is 3.03. The second-order valence-electron chi connectivity index (χ2n) is 3.46. The molecule has 0 radical (unpaired) electrons. The SMILES string of the molecule is C[C@H]1O[C@H](ONC(=O)CCl)[C@@H](O)[C@@H](O)[C@@H]1O. The number of carbonyl (C=O) groups is 1. The molecule has 0 aliphatic carbocycles. The lowest BCUT2D eigenvalue weighted by atomic mass is 10.0. The lowest BCUT2D eigenvalue weighted by molar-refractivity contribution is -0.305. The Hall–Kier alpha value is -0.440. The van der Waals surface area contributed by atoms with Gasteiger partial charge in [0.05, 0.1) is 6.10 Å². The molecule has 0 aromatic carbocycles. The Kier molecular flexibility index (Phi) is 4.90. The topological polar surface area (TPSA) is 108 Å². The Labute approximate surface area is 96.9 Å². The van der Waals surface area contributed by atoms with Crippen molar-refractivity contribution < 1.29 is 29.7 Å². The van der Waals surface area contributed by atoms with Crippen molar-refractivity contribution in [3.8, 4) is 0 Å². The average molecular weight is 256 g/mol. The van der Waals surface area contributed by atoms with Gasteiger partial charge in [0.15, 0.2) is 0 Å². The van der Waals surface area contributed by atoms with Crippen LogP contribution in [0.2, 0.25) is 0 Å². The van der Waals surface area contributed by atoms with E-state index in [0.717, 1.165) is 0 Å². The number of ether oxygens (including phenoxy) is 1. The Morgan fingerprint density at radius 3 is 2.56 bits per heavy atom. The summed E-state index contributed by atoms with van der Waals surface area (Å²) in [6, 6.07) is 0. The van der Waals surface area contributed by atoms with Crippen molar-refractivity contribution in [2.75, 3.05) is 5.88 Å². The molecule has 1 aliphatic heterocycles. The highest BCUT2D eigenvalue weighted by Gasteiger charge is 2.42. The summed E-state index contributed by atoms with van der Waals surface area (Å²) in [4.78, 5) is 15.5. The molecule has 1 fully saturated rings. The van der Waals surface area contributed by atoms with E-state index in [-0.39, 0.29) is 5.88 Å². The van der Waals surface area contributed by atoms with Gasteiger partial charge in [0, 0.05) is 0 Å². The quantitative estimate of drug-likeness (QED) is 0.347. The summed E-state index contributed by atoms with van der Waals surface area (Å²) in [5.74, 6) is -0.908. The summed E-state index contributed by atoms with van der Waals surface area (Å²) >= 11 is 5.20. The molecular formula is C8H14ClNO6. The van der Waals surface area contributed by atoms with E-state index in [9.17, 15) is 20.1 Å². The van der Waals surface area contributed by atoms with E-state index < -0.39 is 36.6 Å². The van der Waals surface area contributed by atoms with Gasteiger partial charge in [0.25, 0.3) is 5.91 Å². The maximum atomic E-state index is 10.8. The number of aliphatic hydroxyl groups is 3. The van der Waals surface area contributed by atoms with Crippen LogP contribution in [0, 0.1) is 0 Å². The fraction of sp³-hybridized carbons (Fsp3) is 0.875. The third-order valence-electron chi connectivity index (χ3n) is 2.22. The molecule has 0 aromatic rings. The highest BCUT2D eigenvalue weighted by molar-refractivity contribution is 6.27. The molecule has 0 spiro atoms. The van der Waals surface area contributed by atoms with E-state index in [1.165, 1.54) is 6.92 Å². The molecule has 7 nitrogen and oxygen atoms in total. The number of rotatable bonds is 3. The van der Waals surface area contributed by atoms with Gasteiger partial charge in [-0.2, -0.15) is 0 Å². The minimum Gasteiger partial charge on any atom is -0.388 e. The van der Waals surface area contributed by atoms with E-state index in [1.807, 2.05) is 5.48 Å². The van der Waals surface area contributed by atoms with Gasteiger partial charge in [-0.3, -0.25) is 4.79 Å². The van der Waals surface area contributed by atoms with Gasteiger partial charge in [-0.15, -0.1) is 11.6 Å². The number of hydrogen-bond donors (Lipinski definition) is 4. The fourth-order valence-electron chi connectivity index (χ4n) is 1.26. The number of aliphatic hydroxyl groups excluding tert-OH is 3. The largest absolute Gasteiger partial charge is 0.388 e. The number of hydroxylamine groups is 1. The van der Waals surface area contributed by atoms with Gasteiger partial charge in [-0.25, -0.2) is 10.3 Å². The number of alkyl halides is 1. The van der Waals surface area contributed by atoms with Gasteiger partial charge >= 0.3 is 0 Å². The highest BCUT2D eigenvalue weighted by Crippen LogP contribution is 2.20. The number of carbonyl (C=O) groups excluding carboxylic acids is 1. The average Bonchev–Trinajstić information content (AvgIpc) is 2.28. The molecule has 1 amide bonds. The lowest BCUT2D eigenvalue weighted by Gasteiger charge is -2.38. The zero-order valence-electron chi connectivity index (χ0n) is 8.54. The Bertz CT molecular complexity index is 253. The zero-order chi connectivity index (χ0) is 12.3. The summed E-state index contributed by atoms with van der Waals surface area (Å²) in [6.07, 6.45) is -6.04. The molecule has 0 bridgehead atoms. The van der Waals surface area contributed by atoms with Gasteiger partial charge in [-0.1, -0.05) is 0 Å². The summed E-state index contributed by atoms with van der Waals surface area (Å²) < 4.78 is 5.04. The van der Waals surface area contributed by atoms with Crippen molar-refractivity contribution in [2.45, 2.75) is 37.6 Å². The summed E-state index contributed by atoms with van der Waals surface area (Å²) in [7, 11) is 0. The second-order valence-corrected chi connectivity index (χ2v) is 3.73. The third-order valence-corrected chi connectivity index (χ3v) is 2.46. The van der Waals surface area contributed by atoms with Crippen LogP contribution in [0.15, 0.2) is 0 Å². The van der Waals surface area contributed by atoms with Gasteiger partial charge in [0.2, 0.25) is 6.29 Å². The molecule has 1 rings (SSSR count). The highest BCUT2D eigenvalue weighted by atomic mass is 35.5. The fourth-order valence-corrected chi connectivity index (χ4v) is 1.32. The molecule has 0 saturated carbocycles. The first-order chi connectivity index (χ1) is 7.47. The van der Waals surface area contributed by atoms with Gasteiger partial charge in [0.1, 0.15) is 24.2 Å². The predicted octanol–water partition coefficient (Wildman–Crippen LogP) is -1.90. The van der Waals surface area contributed by atoms with Crippen LogP contribution in [0.25, 0.3) is 0 Å². The first kappa shape index (κ1) is 13.6. The maximum absolute atomic E-state index is 10.8. The van der Waals surface area contributed by atoms with Crippen molar-refractivity contribution in [1.29, 1.82) is 0 Å². The van der Waals surface area contributed by atoms with Crippen molar-refractivity contribution in [1.82, 2.24) is 5.48 Å². The Morgan fingerprint density at radius 2 is 2.00 bits per heavy atom. The van der Waals surface area contributed by atoms with Crippen LogP contribution in [-0.4, -0.2) is 57.8 Å². The molecule has 16 heavy (non-hydrogen) atoms. The Balaban J connectivity index is 2.50. The van der Waals surface area contributed by atoms with Crippen LogP contribution in [0.1, 0.15) is 6.92 Å². The van der Waals surface area contributed by atoms with E-state index in [1.54, 1.807) is 0 Å². The lowest BCUT2D eigenvalue weighted by Crippen LogP contribution is -2.58. The van der Waals surface area contributed by atoms with Crippen molar-refractivity contribution in [3.63, 3.8) is 0 Å². The molecule has 4 N–H and O–H groups in total. The van der Waals surface area contributed by atoms with E-state index in [2.05, 4.69) is 0 Å². The second kappa shape index (κ2) is 5.76. The summed E-state index contributed by atoms with van der Waals surface area (Å²) in [5.41, 5.74) is 1.94. The molecule has 0 aromatic heterocycles. The van der Waals surface area contributed by atoms with Crippen molar-refractivity contribution >= 4 is 17.5 Å². The number of halogens is 1. The predicted molar refractivity (Wildman–Crippen MR) is 52.3 cm³/mol. The van der Waals surface area contributed by atoms with E-state index >= 15 is 0 Å². The van der Waals surface area contributed by atoms with Crippen molar-refractivity contribution in [2.24, 2.45) is 0 Å². The molecule has 1 aliphatic rings. The molecule has 94 valence electrons. The number of hydrogen-bond acceptors (Lipinski definition) is 6. The van der Waals surface area contributed by atoms with Crippen LogP contribution in [0.4, 0.5) is 0 Å². The molecule has 1 heterocycles. The number of nitrogens with one attached hydrogen (secondary N) is 1.